The summed E-state index contributed by atoms with van der Waals surface area (Å²) in [6.07, 6.45) is 2.18. The zero-order chi connectivity index (χ0) is 16.2. The number of rotatable bonds is 1. The van der Waals surface area contributed by atoms with E-state index in [9.17, 15) is 14.7 Å². The van der Waals surface area contributed by atoms with Crippen molar-refractivity contribution >= 4 is 17.3 Å². The normalized spacial score (nSPS) is 24.1. The van der Waals surface area contributed by atoms with E-state index in [4.69, 9.17) is 0 Å². The molecule has 0 saturated heterocycles. The van der Waals surface area contributed by atoms with E-state index in [2.05, 4.69) is 4.98 Å². The van der Waals surface area contributed by atoms with Gasteiger partial charge in [-0.25, -0.2) is 0 Å². The van der Waals surface area contributed by atoms with Crippen molar-refractivity contribution < 1.29 is 14.7 Å². The molecule has 4 heteroatoms. The Hall–Kier alpha value is -1.97. The topological polar surface area (TPSA) is 67.3 Å². The van der Waals surface area contributed by atoms with Crippen LogP contribution in [-0.2, 0) is 9.59 Å². The minimum Gasteiger partial charge on any atom is -0.506 e. The number of aliphatic hydroxyl groups excluding tert-OH is 1. The number of carbonyl (C=O) groups excluding carboxylic acids is 2. The summed E-state index contributed by atoms with van der Waals surface area (Å²) in [7, 11) is 0. The fourth-order valence-electron chi connectivity index (χ4n) is 3.76. The first kappa shape index (κ1) is 14.9. The van der Waals surface area contributed by atoms with Crippen molar-refractivity contribution in [3.63, 3.8) is 0 Å². The van der Waals surface area contributed by atoms with Gasteiger partial charge in [0.15, 0.2) is 11.6 Å². The van der Waals surface area contributed by atoms with Crippen LogP contribution < -0.4 is 0 Å². The molecule has 1 heterocycles. The maximum atomic E-state index is 12.5. The molecular formula is C18H21NO3. The van der Waals surface area contributed by atoms with Crippen LogP contribution in [0.2, 0.25) is 0 Å². The summed E-state index contributed by atoms with van der Waals surface area (Å²) < 4.78 is 0. The Kier molecular flexibility index (Phi) is 3.42. The Morgan fingerprint density at radius 1 is 0.955 bits per heavy atom. The number of nitrogens with zero attached hydrogens (tertiary/aromatic N) is 1. The molecule has 0 radical (unpaired) electrons. The van der Waals surface area contributed by atoms with Gasteiger partial charge in [0.05, 0.1) is 0 Å². The summed E-state index contributed by atoms with van der Waals surface area (Å²) in [6.45, 7) is 7.48. The average molecular weight is 299 g/mol. The van der Waals surface area contributed by atoms with Crippen molar-refractivity contribution in [1.82, 2.24) is 4.98 Å². The highest BCUT2D eigenvalue weighted by molar-refractivity contribution is 6.27. The average Bonchev–Trinajstić information content (AvgIpc) is 2.91. The number of Topliss-reactive ketones (excluding diaryl/α,β-unsaturated/α-hetero) is 2. The number of aliphatic hydroxyl groups is 1. The molecule has 3 rings (SSSR count). The lowest BCUT2D eigenvalue weighted by Crippen LogP contribution is -2.30. The largest absolute Gasteiger partial charge is 0.506 e. The Morgan fingerprint density at radius 3 is 1.86 bits per heavy atom. The molecule has 1 aromatic rings. The molecule has 0 aromatic carbocycles. The van der Waals surface area contributed by atoms with E-state index in [-0.39, 0.29) is 34.7 Å². The van der Waals surface area contributed by atoms with E-state index in [1.165, 1.54) is 0 Å². The van der Waals surface area contributed by atoms with E-state index in [0.29, 0.717) is 12.0 Å². The van der Waals surface area contributed by atoms with E-state index < -0.39 is 0 Å². The highest BCUT2D eigenvalue weighted by Crippen LogP contribution is 2.42. The maximum Gasteiger partial charge on any atom is 0.173 e. The molecule has 2 atom stereocenters. The standard InChI is InChI=1S/C18H21NO3/c1-8-10(3)19-11(4)9(2)14(8)18(22)15-16(20)12-5-6-13(7-12)17(15)21/h12-13,22H,5-7H2,1-4H3. The molecule has 4 nitrogen and oxygen atoms in total. The number of hydrogen-bond donors (Lipinski definition) is 1. The van der Waals surface area contributed by atoms with Crippen LogP contribution in [0.15, 0.2) is 5.57 Å². The monoisotopic (exact) mass is 299 g/mol. The molecule has 0 spiro atoms. The lowest BCUT2D eigenvalue weighted by molar-refractivity contribution is -0.127. The molecule has 0 aliphatic heterocycles. The Labute approximate surface area is 130 Å². The summed E-state index contributed by atoms with van der Waals surface area (Å²) in [5.74, 6) is -0.687. The third-order valence-electron chi connectivity index (χ3n) is 5.31. The zero-order valence-electron chi connectivity index (χ0n) is 13.5. The van der Waals surface area contributed by atoms with Gasteiger partial charge in [-0.2, -0.15) is 0 Å². The first-order valence-electron chi connectivity index (χ1n) is 7.79. The van der Waals surface area contributed by atoms with Gasteiger partial charge in [0.25, 0.3) is 0 Å². The molecule has 2 unspecified atom stereocenters. The second kappa shape index (κ2) is 5.04. The summed E-state index contributed by atoms with van der Waals surface area (Å²) in [5.41, 5.74) is 3.89. The van der Waals surface area contributed by atoms with Gasteiger partial charge in [0.2, 0.25) is 0 Å². The van der Waals surface area contributed by atoms with Crippen LogP contribution in [0, 0.1) is 39.5 Å². The number of aromatic nitrogens is 1. The van der Waals surface area contributed by atoms with Gasteiger partial charge in [0, 0.05) is 28.8 Å². The number of ketones is 2. The van der Waals surface area contributed by atoms with Crippen LogP contribution in [0.1, 0.15) is 47.3 Å². The number of pyridine rings is 1. The summed E-state index contributed by atoms with van der Waals surface area (Å²) in [4.78, 5) is 29.5. The molecule has 116 valence electrons. The Bertz CT molecular complexity index is 680. The number of allylic oxidation sites excluding steroid dienone is 1. The second-order valence-corrected chi connectivity index (χ2v) is 6.57. The lowest BCUT2D eigenvalue weighted by atomic mass is 9.80. The zero-order valence-corrected chi connectivity index (χ0v) is 13.5. The third-order valence-corrected chi connectivity index (χ3v) is 5.31. The molecular weight excluding hydrogens is 278 g/mol. The minimum absolute atomic E-state index is 0.0231. The maximum absolute atomic E-state index is 12.5. The fraction of sp³-hybridized carbons (Fsp3) is 0.500. The van der Waals surface area contributed by atoms with E-state index >= 15 is 0 Å². The molecule has 2 aliphatic rings. The minimum atomic E-state index is -0.179. The molecule has 2 bridgehead atoms. The van der Waals surface area contributed by atoms with Crippen LogP contribution in [-0.4, -0.2) is 21.7 Å². The van der Waals surface area contributed by atoms with Gasteiger partial charge in [-0.1, -0.05) is 0 Å². The smallest absolute Gasteiger partial charge is 0.173 e. The molecule has 1 N–H and O–H groups in total. The van der Waals surface area contributed by atoms with E-state index in [1.807, 2.05) is 27.7 Å². The van der Waals surface area contributed by atoms with Gasteiger partial charge in [-0.3, -0.25) is 14.6 Å². The third kappa shape index (κ3) is 2.01. The van der Waals surface area contributed by atoms with Gasteiger partial charge < -0.3 is 5.11 Å². The van der Waals surface area contributed by atoms with Gasteiger partial charge >= 0.3 is 0 Å². The van der Waals surface area contributed by atoms with Crippen LogP contribution in [0.25, 0.3) is 5.76 Å². The Morgan fingerprint density at radius 2 is 1.41 bits per heavy atom. The van der Waals surface area contributed by atoms with Crippen molar-refractivity contribution in [2.24, 2.45) is 11.8 Å². The number of hydrogen-bond acceptors (Lipinski definition) is 4. The quantitative estimate of drug-likeness (QED) is 0.491. The molecule has 0 amide bonds. The molecule has 22 heavy (non-hydrogen) atoms. The summed E-state index contributed by atoms with van der Waals surface area (Å²) >= 11 is 0. The highest BCUT2D eigenvalue weighted by Gasteiger charge is 2.45. The van der Waals surface area contributed by atoms with E-state index in [1.54, 1.807) is 0 Å². The van der Waals surface area contributed by atoms with Crippen LogP contribution in [0.5, 0.6) is 0 Å². The predicted octanol–water partition coefficient (Wildman–Crippen LogP) is 3.15. The van der Waals surface area contributed by atoms with Crippen molar-refractivity contribution in [2.75, 3.05) is 0 Å². The van der Waals surface area contributed by atoms with Crippen LogP contribution in [0.3, 0.4) is 0 Å². The lowest BCUT2D eigenvalue weighted by Gasteiger charge is -2.22. The number of carbonyl (C=O) groups is 2. The van der Waals surface area contributed by atoms with Gasteiger partial charge in [-0.15, -0.1) is 0 Å². The SMILES string of the molecule is Cc1nc(C)c(C)c(C(O)=C2C(=O)C3CCC(C3)C2=O)c1C. The summed E-state index contributed by atoms with van der Waals surface area (Å²) in [6, 6.07) is 0. The summed E-state index contributed by atoms with van der Waals surface area (Å²) in [5, 5.41) is 10.8. The highest BCUT2D eigenvalue weighted by atomic mass is 16.3. The molecule has 1 aromatic heterocycles. The first-order valence-corrected chi connectivity index (χ1v) is 7.79. The Balaban J connectivity index is 2.24. The molecule has 2 fully saturated rings. The van der Waals surface area contributed by atoms with Crippen molar-refractivity contribution in [3.05, 3.63) is 33.7 Å². The molecule has 2 saturated carbocycles. The van der Waals surface area contributed by atoms with Crippen LogP contribution >= 0.6 is 0 Å². The number of fused-ring (bicyclic) bond motifs is 2. The van der Waals surface area contributed by atoms with Crippen molar-refractivity contribution in [2.45, 2.75) is 47.0 Å². The first-order chi connectivity index (χ1) is 10.3. The fourth-order valence-corrected chi connectivity index (χ4v) is 3.76. The van der Waals surface area contributed by atoms with Crippen molar-refractivity contribution in [1.29, 1.82) is 0 Å². The van der Waals surface area contributed by atoms with Gasteiger partial charge in [0.1, 0.15) is 11.3 Å². The van der Waals surface area contributed by atoms with Crippen LogP contribution in [0.4, 0.5) is 0 Å². The van der Waals surface area contributed by atoms with Gasteiger partial charge in [-0.05, 0) is 58.1 Å². The predicted molar refractivity (Wildman–Crippen MR) is 83.6 cm³/mol. The number of aryl methyl sites for hydroxylation is 2. The van der Waals surface area contributed by atoms with E-state index in [0.717, 1.165) is 35.4 Å². The second-order valence-electron chi connectivity index (χ2n) is 6.57. The van der Waals surface area contributed by atoms with Crippen molar-refractivity contribution in [3.8, 4) is 0 Å². The molecule has 2 aliphatic carbocycles.